The zero-order chi connectivity index (χ0) is 21.3. The highest BCUT2D eigenvalue weighted by Crippen LogP contribution is 2.46. The van der Waals surface area contributed by atoms with Crippen molar-refractivity contribution in [1.82, 2.24) is 4.37 Å². The SMILES string of the molecule is COc1ccc(C2CC(=O)Nc3c(-c4ccc(F)cc4)nsc32)cc1OCC(N)=O. The van der Waals surface area contributed by atoms with Gasteiger partial charge in [0, 0.05) is 17.9 Å². The summed E-state index contributed by atoms with van der Waals surface area (Å²) in [5.41, 5.74) is 7.94. The van der Waals surface area contributed by atoms with Gasteiger partial charge in [-0.1, -0.05) is 6.07 Å². The second-order valence-electron chi connectivity index (χ2n) is 6.75. The summed E-state index contributed by atoms with van der Waals surface area (Å²) in [6.45, 7) is -0.286. The average molecular weight is 427 g/mol. The Labute approximate surface area is 175 Å². The fraction of sp³-hybridized carbons (Fsp3) is 0.190. The van der Waals surface area contributed by atoms with Gasteiger partial charge < -0.3 is 20.5 Å². The third kappa shape index (κ3) is 3.84. The molecule has 2 amide bonds. The van der Waals surface area contributed by atoms with Gasteiger partial charge in [-0.05, 0) is 53.5 Å². The molecule has 9 heteroatoms. The maximum Gasteiger partial charge on any atom is 0.255 e. The van der Waals surface area contributed by atoms with Gasteiger partial charge in [-0.2, -0.15) is 4.37 Å². The van der Waals surface area contributed by atoms with Crippen LogP contribution in [0.5, 0.6) is 11.5 Å². The van der Waals surface area contributed by atoms with Crippen LogP contribution in [0.25, 0.3) is 11.3 Å². The molecule has 0 fully saturated rings. The number of carbonyl (C=O) groups is 2. The highest BCUT2D eigenvalue weighted by molar-refractivity contribution is 7.07. The van der Waals surface area contributed by atoms with Gasteiger partial charge in [-0.15, -0.1) is 0 Å². The standard InChI is InChI=1S/C21H18FN3O4S/c1-28-15-7-4-12(8-16(15)29-10-17(23)26)14-9-18(27)24-20-19(25-30-21(14)20)11-2-5-13(22)6-3-11/h2-8,14H,9-10H2,1H3,(H2,23,26)(H,24,27). The molecule has 0 radical (unpaired) electrons. The molecule has 2 heterocycles. The van der Waals surface area contributed by atoms with E-state index in [4.69, 9.17) is 15.2 Å². The number of primary amides is 1. The van der Waals surface area contributed by atoms with Crippen LogP contribution < -0.4 is 20.5 Å². The van der Waals surface area contributed by atoms with Crippen LogP contribution in [0.1, 0.15) is 22.8 Å². The van der Waals surface area contributed by atoms with Crippen molar-refractivity contribution >= 4 is 29.0 Å². The number of hydrogen-bond donors (Lipinski definition) is 2. The molecule has 0 aliphatic carbocycles. The number of benzene rings is 2. The number of carbonyl (C=O) groups excluding carboxylic acids is 2. The molecule has 1 aliphatic heterocycles. The van der Waals surface area contributed by atoms with E-state index in [9.17, 15) is 14.0 Å². The number of rotatable bonds is 6. The van der Waals surface area contributed by atoms with Crippen LogP contribution in [0.4, 0.5) is 10.1 Å². The van der Waals surface area contributed by atoms with Crippen molar-refractivity contribution < 1.29 is 23.5 Å². The third-order valence-corrected chi connectivity index (χ3v) is 5.73. The molecule has 0 saturated carbocycles. The van der Waals surface area contributed by atoms with Crippen molar-refractivity contribution in [3.8, 4) is 22.8 Å². The molecule has 1 aliphatic rings. The van der Waals surface area contributed by atoms with Crippen molar-refractivity contribution in [3.63, 3.8) is 0 Å². The number of amides is 2. The number of fused-ring (bicyclic) bond motifs is 1. The summed E-state index contributed by atoms with van der Waals surface area (Å²) in [6, 6.07) is 11.3. The molecule has 2 aromatic carbocycles. The van der Waals surface area contributed by atoms with E-state index in [2.05, 4.69) is 9.69 Å². The van der Waals surface area contributed by atoms with E-state index < -0.39 is 5.91 Å². The number of nitrogens with one attached hydrogen (secondary N) is 1. The predicted octanol–water partition coefficient (Wildman–Crippen LogP) is 3.30. The lowest BCUT2D eigenvalue weighted by Gasteiger charge is -2.23. The Kier molecular flexibility index (Phi) is 5.37. The van der Waals surface area contributed by atoms with Crippen LogP contribution in [-0.4, -0.2) is 29.9 Å². The van der Waals surface area contributed by atoms with E-state index >= 15 is 0 Å². The highest BCUT2D eigenvalue weighted by atomic mass is 32.1. The predicted molar refractivity (Wildman–Crippen MR) is 110 cm³/mol. The van der Waals surface area contributed by atoms with Gasteiger partial charge in [0.05, 0.1) is 17.7 Å². The molecule has 3 N–H and O–H groups in total. The summed E-state index contributed by atoms with van der Waals surface area (Å²) in [5, 5.41) is 2.90. The number of aromatic nitrogens is 1. The number of ether oxygens (including phenoxy) is 2. The fourth-order valence-electron chi connectivity index (χ4n) is 3.38. The molecule has 1 unspecified atom stereocenters. The van der Waals surface area contributed by atoms with Gasteiger partial charge >= 0.3 is 0 Å². The Morgan fingerprint density at radius 1 is 1.27 bits per heavy atom. The Morgan fingerprint density at radius 3 is 2.73 bits per heavy atom. The average Bonchev–Trinajstić information content (AvgIpc) is 3.15. The first kappa shape index (κ1) is 19.8. The third-order valence-electron chi connectivity index (χ3n) is 4.77. The maximum atomic E-state index is 13.3. The van der Waals surface area contributed by atoms with Gasteiger partial charge in [0.2, 0.25) is 5.91 Å². The number of anilines is 1. The number of hydrogen-bond acceptors (Lipinski definition) is 6. The van der Waals surface area contributed by atoms with Crippen LogP contribution >= 0.6 is 11.5 Å². The molecule has 30 heavy (non-hydrogen) atoms. The number of nitrogens with two attached hydrogens (primary N) is 1. The molecular formula is C21H18FN3O4S. The zero-order valence-electron chi connectivity index (χ0n) is 16.0. The maximum absolute atomic E-state index is 13.3. The van der Waals surface area contributed by atoms with Gasteiger partial charge in [0.15, 0.2) is 18.1 Å². The highest BCUT2D eigenvalue weighted by Gasteiger charge is 2.32. The molecule has 7 nitrogen and oxygen atoms in total. The molecule has 0 saturated heterocycles. The molecule has 3 aromatic rings. The normalized spacial score (nSPS) is 15.3. The molecule has 154 valence electrons. The molecule has 4 rings (SSSR count). The lowest BCUT2D eigenvalue weighted by atomic mass is 9.89. The first-order valence-electron chi connectivity index (χ1n) is 9.10. The number of nitrogens with zero attached hydrogens (tertiary/aromatic N) is 1. The second-order valence-corrected chi connectivity index (χ2v) is 7.55. The van der Waals surface area contributed by atoms with Gasteiger partial charge in [-0.25, -0.2) is 4.39 Å². The van der Waals surface area contributed by atoms with Crippen LogP contribution in [0.3, 0.4) is 0 Å². The lowest BCUT2D eigenvalue weighted by molar-refractivity contribution is -0.120. The summed E-state index contributed by atoms with van der Waals surface area (Å²) >= 11 is 1.29. The van der Waals surface area contributed by atoms with E-state index in [1.807, 2.05) is 6.07 Å². The van der Waals surface area contributed by atoms with Crippen molar-refractivity contribution in [1.29, 1.82) is 0 Å². The Bertz CT molecular complexity index is 1110. The summed E-state index contributed by atoms with van der Waals surface area (Å²) in [6.07, 6.45) is 0.236. The Balaban J connectivity index is 1.73. The summed E-state index contributed by atoms with van der Waals surface area (Å²) in [7, 11) is 1.50. The molecule has 0 spiro atoms. The van der Waals surface area contributed by atoms with Crippen molar-refractivity contribution in [2.45, 2.75) is 12.3 Å². The largest absolute Gasteiger partial charge is 0.493 e. The minimum atomic E-state index is -0.604. The summed E-state index contributed by atoms with van der Waals surface area (Å²) < 4.78 is 28.6. The first-order valence-corrected chi connectivity index (χ1v) is 9.88. The van der Waals surface area contributed by atoms with E-state index in [-0.39, 0.29) is 30.7 Å². The molecule has 1 atom stereocenters. The number of methoxy groups -OCH3 is 1. The molecule has 1 aromatic heterocycles. The minimum absolute atomic E-state index is 0.147. The second kappa shape index (κ2) is 8.11. The number of halogens is 1. The van der Waals surface area contributed by atoms with Crippen LogP contribution in [0.15, 0.2) is 42.5 Å². The quantitative estimate of drug-likeness (QED) is 0.628. The first-order chi connectivity index (χ1) is 14.5. The Morgan fingerprint density at radius 2 is 2.03 bits per heavy atom. The van der Waals surface area contributed by atoms with Gasteiger partial charge in [-0.3, -0.25) is 9.59 Å². The fourth-order valence-corrected chi connectivity index (χ4v) is 4.35. The van der Waals surface area contributed by atoms with Gasteiger partial charge in [0.25, 0.3) is 5.91 Å². The van der Waals surface area contributed by atoms with Crippen LogP contribution in [0.2, 0.25) is 0 Å². The smallest absolute Gasteiger partial charge is 0.255 e. The summed E-state index contributed by atoms with van der Waals surface area (Å²) in [5.74, 6) is -0.519. The minimum Gasteiger partial charge on any atom is -0.493 e. The molecule has 0 bridgehead atoms. The lowest BCUT2D eigenvalue weighted by Crippen LogP contribution is -2.23. The van der Waals surface area contributed by atoms with Crippen molar-refractivity contribution in [3.05, 3.63) is 58.7 Å². The van der Waals surface area contributed by atoms with Crippen LogP contribution in [-0.2, 0) is 9.59 Å². The van der Waals surface area contributed by atoms with Gasteiger partial charge in [0.1, 0.15) is 11.5 Å². The zero-order valence-corrected chi connectivity index (χ0v) is 16.8. The topological polar surface area (TPSA) is 104 Å². The van der Waals surface area contributed by atoms with E-state index in [0.717, 1.165) is 16.0 Å². The van der Waals surface area contributed by atoms with E-state index in [0.29, 0.717) is 22.9 Å². The van der Waals surface area contributed by atoms with E-state index in [1.165, 1.54) is 30.8 Å². The van der Waals surface area contributed by atoms with Crippen molar-refractivity contribution in [2.24, 2.45) is 5.73 Å². The van der Waals surface area contributed by atoms with E-state index in [1.54, 1.807) is 24.3 Å². The monoisotopic (exact) mass is 427 g/mol. The molecular weight excluding hydrogens is 409 g/mol. The summed E-state index contributed by atoms with van der Waals surface area (Å²) in [4.78, 5) is 24.4. The van der Waals surface area contributed by atoms with Crippen LogP contribution in [0, 0.1) is 5.82 Å². The van der Waals surface area contributed by atoms with Crippen molar-refractivity contribution in [2.75, 3.05) is 19.0 Å². The Hall–Kier alpha value is -3.46.